The SMILES string of the molecule is C[C@@H](C(=O)NCc1cnc2sccc2c1)N1CC(c2ccccc2)CC1C(N)=O. The lowest BCUT2D eigenvalue weighted by Crippen LogP contribution is -2.51. The van der Waals surface area contributed by atoms with Gasteiger partial charge in [0.1, 0.15) is 4.83 Å². The molecule has 0 radical (unpaired) electrons. The number of aromatic nitrogens is 1. The average Bonchev–Trinajstić information content (AvgIpc) is 3.39. The van der Waals surface area contributed by atoms with Gasteiger partial charge in [0.25, 0.3) is 0 Å². The van der Waals surface area contributed by atoms with E-state index in [0.717, 1.165) is 15.8 Å². The van der Waals surface area contributed by atoms with E-state index in [-0.39, 0.29) is 17.7 Å². The smallest absolute Gasteiger partial charge is 0.237 e. The predicted molar refractivity (Wildman–Crippen MR) is 114 cm³/mol. The van der Waals surface area contributed by atoms with Crippen molar-refractivity contribution in [1.82, 2.24) is 15.2 Å². The van der Waals surface area contributed by atoms with E-state index in [1.807, 2.05) is 47.5 Å². The van der Waals surface area contributed by atoms with Crippen LogP contribution in [0.2, 0.25) is 0 Å². The van der Waals surface area contributed by atoms with Gasteiger partial charge in [-0.15, -0.1) is 11.3 Å². The Morgan fingerprint density at radius 1 is 1.31 bits per heavy atom. The van der Waals surface area contributed by atoms with Gasteiger partial charge in [-0.25, -0.2) is 4.98 Å². The third kappa shape index (κ3) is 4.16. The number of carbonyl (C=O) groups excluding carboxylic acids is 2. The molecule has 1 aliphatic rings. The second kappa shape index (κ2) is 8.31. The molecule has 2 unspecified atom stereocenters. The van der Waals surface area contributed by atoms with Gasteiger partial charge in [0.15, 0.2) is 0 Å². The van der Waals surface area contributed by atoms with Crippen molar-refractivity contribution in [2.75, 3.05) is 6.54 Å². The van der Waals surface area contributed by atoms with E-state index in [4.69, 9.17) is 5.73 Å². The maximum Gasteiger partial charge on any atom is 0.237 e. The fourth-order valence-electron chi connectivity index (χ4n) is 4.02. The summed E-state index contributed by atoms with van der Waals surface area (Å²) >= 11 is 1.59. The molecule has 2 amide bonds. The Bertz CT molecular complexity index is 1020. The summed E-state index contributed by atoms with van der Waals surface area (Å²) in [6.07, 6.45) is 2.42. The number of nitrogens with one attached hydrogen (secondary N) is 1. The van der Waals surface area contributed by atoms with Crippen molar-refractivity contribution in [2.45, 2.75) is 37.9 Å². The summed E-state index contributed by atoms with van der Waals surface area (Å²) in [6.45, 7) is 2.87. The number of hydrogen-bond donors (Lipinski definition) is 2. The Kier molecular flexibility index (Phi) is 5.60. The second-order valence-corrected chi connectivity index (χ2v) is 8.41. The number of likely N-dealkylation sites (tertiary alicyclic amines) is 1. The largest absolute Gasteiger partial charge is 0.368 e. The number of amides is 2. The number of primary amides is 1. The fraction of sp³-hybridized carbons (Fsp3) is 0.318. The number of thiophene rings is 1. The van der Waals surface area contributed by atoms with Crippen molar-refractivity contribution in [2.24, 2.45) is 5.73 Å². The molecule has 6 nitrogen and oxygen atoms in total. The molecule has 1 aliphatic heterocycles. The van der Waals surface area contributed by atoms with E-state index in [9.17, 15) is 9.59 Å². The van der Waals surface area contributed by atoms with Crippen LogP contribution in [0, 0.1) is 0 Å². The van der Waals surface area contributed by atoms with Crippen molar-refractivity contribution < 1.29 is 9.59 Å². The monoisotopic (exact) mass is 408 g/mol. The normalized spacial score (nSPS) is 20.6. The van der Waals surface area contributed by atoms with Crippen molar-refractivity contribution in [3.63, 3.8) is 0 Å². The number of nitrogens with two attached hydrogens (primary N) is 1. The maximum absolute atomic E-state index is 12.8. The van der Waals surface area contributed by atoms with Gasteiger partial charge in [0.05, 0.1) is 12.1 Å². The fourth-order valence-corrected chi connectivity index (χ4v) is 4.74. The molecule has 1 aromatic carbocycles. The molecule has 3 aromatic rings. The number of rotatable bonds is 6. The molecule has 1 fully saturated rings. The van der Waals surface area contributed by atoms with Crippen LogP contribution in [0.4, 0.5) is 0 Å². The van der Waals surface area contributed by atoms with Gasteiger partial charge in [0.2, 0.25) is 11.8 Å². The highest BCUT2D eigenvalue weighted by Gasteiger charge is 2.40. The van der Waals surface area contributed by atoms with Crippen molar-refractivity contribution in [1.29, 1.82) is 0 Å². The van der Waals surface area contributed by atoms with Crippen LogP contribution in [-0.2, 0) is 16.1 Å². The Hall–Kier alpha value is -2.77. The molecular weight excluding hydrogens is 384 g/mol. The first-order chi connectivity index (χ1) is 14.0. The number of pyridine rings is 1. The van der Waals surface area contributed by atoms with Crippen molar-refractivity contribution >= 4 is 33.4 Å². The number of carbonyl (C=O) groups is 2. The van der Waals surface area contributed by atoms with Gasteiger partial charge in [-0.3, -0.25) is 14.5 Å². The van der Waals surface area contributed by atoms with Gasteiger partial charge in [-0.05, 0) is 47.9 Å². The standard InChI is InChI=1S/C22H24N4O2S/c1-14(21(28)24-11-15-9-17-7-8-29-22(17)25-12-15)26-13-18(10-19(26)20(23)27)16-5-3-2-4-6-16/h2-9,12,14,18-19H,10-11,13H2,1H3,(H2,23,27)(H,24,28)/t14-,18?,19?/m0/s1. The Morgan fingerprint density at radius 3 is 2.86 bits per heavy atom. The molecule has 0 spiro atoms. The predicted octanol–water partition coefficient (Wildman–Crippen LogP) is 2.64. The van der Waals surface area contributed by atoms with Crippen LogP contribution in [0.3, 0.4) is 0 Å². The first kappa shape index (κ1) is 19.5. The molecule has 0 aliphatic carbocycles. The molecule has 0 saturated carbocycles. The molecule has 2 aromatic heterocycles. The molecule has 3 atom stereocenters. The summed E-state index contributed by atoms with van der Waals surface area (Å²) in [7, 11) is 0. The molecule has 4 rings (SSSR count). The van der Waals surface area contributed by atoms with Crippen LogP contribution < -0.4 is 11.1 Å². The van der Waals surface area contributed by atoms with Crippen LogP contribution >= 0.6 is 11.3 Å². The zero-order chi connectivity index (χ0) is 20.4. The summed E-state index contributed by atoms with van der Waals surface area (Å²) in [5, 5.41) is 6.06. The molecule has 150 valence electrons. The molecule has 29 heavy (non-hydrogen) atoms. The van der Waals surface area contributed by atoms with Crippen LogP contribution in [-0.4, -0.2) is 40.3 Å². The van der Waals surface area contributed by atoms with Crippen LogP contribution in [0.1, 0.15) is 30.4 Å². The van der Waals surface area contributed by atoms with Gasteiger partial charge >= 0.3 is 0 Å². The van der Waals surface area contributed by atoms with Gasteiger partial charge in [-0.1, -0.05) is 30.3 Å². The third-order valence-corrected chi connectivity index (χ3v) is 6.48. The summed E-state index contributed by atoms with van der Waals surface area (Å²) in [5.74, 6) is -0.306. The van der Waals surface area contributed by atoms with Crippen LogP contribution in [0.25, 0.3) is 10.2 Å². The summed E-state index contributed by atoms with van der Waals surface area (Å²) in [6, 6.07) is 13.2. The molecule has 1 saturated heterocycles. The Morgan fingerprint density at radius 2 is 2.10 bits per heavy atom. The number of hydrogen-bond acceptors (Lipinski definition) is 5. The van der Waals surface area contributed by atoms with Crippen molar-refractivity contribution in [3.8, 4) is 0 Å². The second-order valence-electron chi connectivity index (χ2n) is 7.51. The van der Waals surface area contributed by atoms with Crippen molar-refractivity contribution in [3.05, 3.63) is 65.2 Å². The van der Waals surface area contributed by atoms with Gasteiger partial charge < -0.3 is 11.1 Å². The van der Waals surface area contributed by atoms with Gasteiger partial charge in [0, 0.05) is 24.7 Å². The summed E-state index contributed by atoms with van der Waals surface area (Å²) < 4.78 is 0. The number of nitrogens with zero attached hydrogens (tertiary/aromatic N) is 2. The highest BCUT2D eigenvalue weighted by Crippen LogP contribution is 2.33. The van der Waals surface area contributed by atoms with Gasteiger partial charge in [-0.2, -0.15) is 0 Å². The zero-order valence-corrected chi connectivity index (χ0v) is 17.1. The lowest BCUT2D eigenvalue weighted by molar-refractivity contribution is -0.129. The first-order valence-corrected chi connectivity index (χ1v) is 10.6. The highest BCUT2D eigenvalue weighted by atomic mass is 32.1. The summed E-state index contributed by atoms with van der Waals surface area (Å²) in [4.78, 5) is 32.2. The molecule has 7 heteroatoms. The van der Waals surface area contributed by atoms with E-state index in [0.29, 0.717) is 19.5 Å². The molecule has 3 heterocycles. The van der Waals surface area contributed by atoms with Crippen LogP contribution in [0.15, 0.2) is 54.0 Å². The van der Waals surface area contributed by atoms with Crippen LogP contribution in [0.5, 0.6) is 0 Å². The number of fused-ring (bicyclic) bond motifs is 1. The van der Waals surface area contributed by atoms with E-state index in [1.165, 1.54) is 5.56 Å². The summed E-state index contributed by atoms with van der Waals surface area (Å²) in [5.41, 5.74) is 7.78. The maximum atomic E-state index is 12.8. The topological polar surface area (TPSA) is 88.3 Å². The Labute approximate surface area is 173 Å². The first-order valence-electron chi connectivity index (χ1n) is 9.73. The molecular formula is C22H24N4O2S. The minimum absolute atomic E-state index is 0.115. The average molecular weight is 409 g/mol. The molecule has 3 N–H and O–H groups in total. The molecule has 0 bridgehead atoms. The van der Waals surface area contributed by atoms with E-state index in [1.54, 1.807) is 17.5 Å². The van der Waals surface area contributed by atoms with E-state index in [2.05, 4.69) is 22.4 Å². The minimum atomic E-state index is -0.445. The number of benzene rings is 1. The quantitative estimate of drug-likeness (QED) is 0.656. The lowest BCUT2D eigenvalue weighted by Gasteiger charge is -2.28. The zero-order valence-electron chi connectivity index (χ0n) is 16.2. The highest BCUT2D eigenvalue weighted by molar-refractivity contribution is 7.16. The van der Waals surface area contributed by atoms with E-state index < -0.39 is 12.1 Å². The lowest BCUT2D eigenvalue weighted by atomic mass is 9.96. The third-order valence-electron chi connectivity index (χ3n) is 5.65. The Balaban J connectivity index is 1.42. The minimum Gasteiger partial charge on any atom is -0.368 e. The van der Waals surface area contributed by atoms with E-state index >= 15 is 0 Å².